The Morgan fingerprint density at radius 3 is 2.62 bits per heavy atom. The summed E-state index contributed by atoms with van der Waals surface area (Å²) >= 11 is 0. The van der Waals surface area contributed by atoms with E-state index in [1.54, 1.807) is 26.0 Å². The monoisotopic (exact) mass is 291 g/mol. The van der Waals surface area contributed by atoms with Gasteiger partial charge >= 0.3 is 11.9 Å². The minimum atomic E-state index is -0.396. The molecule has 0 aliphatic heterocycles. The molecule has 21 heavy (non-hydrogen) atoms. The Balaban J connectivity index is 3.00. The van der Waals surface area contributed by atoms with Crippen LogP contribution in [-0.4, -0.2) is 30.2 Å². The summed E-state index contributed by atoms with van der Waals surface area (Å²) in [4.78, 5) is 22.9. The maximum absolute atomic E-state index is 11.8. The number of hydrogen-bond donors (Lipinski definition) is 0. The van der Waals surface area contributed by atoms with E-state index >= 15 is 0 Å². The molecule has 0 aliphatic rings. The van der Waals surface area contributed by atoms with Gasteiger partial charge in [0.1, 0.15) is 0 Å². The van der Waals surface area contributed by atoms with Crippen molar-refractivity contribution in [1.29, 1.82) is 0 Å². The minimum absolute atomic E-state index is 0.327. The van der Waals surface area contributed by atoms with E-state index in [9.17, 15) is 9.59 Å². The first-order valence-electron chi connectivity index (χ1n) is 6.68. The van der Waals surface area contributed by atoms with E-state index in [2.05, 4.69) is 4.74 Å². The van der Waals surface area contributed by atoms with Gasteiger partial charge in [0, 0.05) is 24.5 Å². The molecule has 0 spiro atoms. The molecule has 0 saturated carbocycles. The lowest BCUT2D eigenvalue weighted by Crippen LogP contribution is -2.06. The molecule has 0 unspecified atom stereocenters. The zero-order valence-electron chi connectivity index (χ0n) is 13.1. The molecule has 0 saturated heterocycles. The fourth-order valence-electron chi connectivity index (χ4n) is 1.81. The summed E-state index contributed by atoms with van der Waals surface area (Å²) in [6.07, 6.45) is 5.03. The molecule has 0 atom stereocenters. The van der Waals surface area contributed by atoms with Crippen LogP contribution in [0.25, 0.3) is 6.08 Å². The number of ether oxygens (including phenoxy) is 2. The van der Waals surface area contributed by atoms with Gasteiger partial charge in [0.25, 0.3) is 0 Å². The number of aromatic nitrogens is 1. The molecule has 0 aromatic carbocycles. The number of hydrogen-bond acceptors (Lipinski definition) is 4. The van der Waals surface area contributed by atoms with Crippen molar-refractivity contribution in [2.45, 2.75) is 20.8 Å². The normalized spacial score (nSPS) is 11.8. The Hall–Kier alpha value is -2.30. The van der Waals surface area contributed by atoms with E-state index in [-0.39, 0.29) is 5.97 Å². The van der Waals surface area contributed by atoms with Crippen LogP contribution >= 0.6 is 0 Å². The molecule has 1 rings (SSSR count). The Morgan fingerprint density at radius 1 is 1.38 bits per heavy atom. The highest BCUT2D eigenvalue weighted by molar-refractivity contribution is 5.91. The third-order valence-corrected chi connectivity index (χ3v) is 3.13. The second-order valence-electron chi connectivity index (χ2n) is 4.59. The number of carbonyl (C=O) groups excluding carboxylic acids is 2. The SMILES string of the molecule is CCOC(=O)c1cc(/C=C/C(C)=C\C(=O)OC)n(C)c1C. The van der Waals surface area contributed by atoms with Crippen LogP contribution in [0.5, 0.6) is 0 Å². The number of nitrogens with zero attached hydrogens (tertiary/aromatic N) is 1. The Kier molecular flexibility index (Phi) is 5.96. The van der Waals surface area contributed by atoms with Crippen molar-refractivity contribution in [2.75, 3.05) is 13.7 Å². The molecule has 5 heteroatoms. The molecule has 0 radical (unpaired) electrons. The zero-order chi connectivity index (χ0) is 16.0. The topological polar surface area (TPSA) is 57.5 Å². The van der Waals surface area contributed by atoms with Crippen LogP contribution in [0.4, 0.5) is 0 Å². The van der Waals surface area contributed by atoms with E-state index in [1.165, 1.54) is 13.2 Å². The molecule has 5 nitrogen and oxygen atoms in total. The summed E-state index contributed by atoms with van der Waals surface area (Å²) in [6, 6.07) is 1.77. The second-order valence-corrected chi connectivity index (χ2v) is 4.59. The summed E-state index contributed by atoms with van der Waals surface area (Å²) in [7, 11) is 3.21. The fraction of sp³-hybridized carbons (Fsp3) is 0.375. The van der Waals surface area contributed by atoms with Crippen molar-refractivity contribution in [2.24, 2.45) is 7.05 Å². The maximum Gasteiger partial charge on any atom is 0.339 e. The van der Waals surface area contributed by atoms with Gasteiger partial charge in [0.2, 0.25) is 0 Å². The van der Waals surface area contributed by atoms with E-state index in [0.29, 0.717) is 12.2 Å². The summed E-state index contributed by atoms with van der Waals surface area (Å²) in [5, 5.41) is 0. The smallest absolute Gasteiger partial charge is 0.339 e. The van der Waals surface area contributed by atoms with Crippen LogP contribution in [0.1, 0.15) is 35.6 Å². The lowest BCUT2D eigenvalue weighted by atomic mass is 10.2. The molecule has 0 fully saturated rings. The average Bonchev–Trinajstić information content (AvgIpc) is 2.73. The Morgan fingerprint density at radius 2 is 2.05 bits per heavy atom. The molecule has 0 N–H and O–H groups in total. The third-order valence-electron chi connectivity index (χ3n) is 3.13. The molecule has 0 aliphatic carbocycles. The number of carbonyl (C=O) groups is 2. The zero-order valence-corrected chi connectivity index (χ0v) is 13.1. The third kappa shape index (κ3) is 4.34. The fourth-order valence-corrected chi connectivity index (χ4v) is 1.81. The van der Waals surface area contributed by atoms with Crippen LogP contribution in [0.2, 0.25) is 0 Å². The standard InChI is InChI=1S/C16H21NO4/c1-6-21-16(19)14-10-13(17(4)12(14)3)8-7-11(2)9-15(18)20-5/h7-10H,6H2,1-5H3/b8-7+,11-9-. The summed E-state index contributed by atoms with van der Waals surface area (Å²) in [6.45, 7) is 5.79. The quantitative estimate of drug-likeness (QED) is 0.475. The van der Waals surface area contributed by atoms with Crippen LogP contribution in [0.3, 0.4) is 0 Å². The van der Waals surface area contributed by atoms with Crippen molar-refractivity contribution >= 4 is 18.0 Å². The van der Waals surface area contributed by atoms with E-state index in [0.717, 1.165) is 17.0 Å². The molecule has 1 heterocycles. The van der Waals surface area contributed by atoms with Gasteiger partial charge in [0.15, 0.2) is 0 Å². The maximum atomic E-state index is 11.8. The van der Waals surface area contributed by atoms with Crippen LogP contribution < -0.4 is 0 Å². The molecule has 1 aromatic rings. The average molecular weight is 291 g/mol. The highest BCUT2D eigenvalue weighted by Crippen LogP contribution is 2.17. The van der Waals surface area contributed by atoms with Gasteiger partial charge in [-0.05, 0) is 38.5 Å². The number of rotatable bonds is 5. The van der Waals surface area contributed by atoms with Crippen molar-refractivity contribution in [3.8, 4) is 0 Å². The van der Waals surface area contributed by atoms with Gasteiger partial charge < -0.3 is 14.0 Å². The predicted octanol–water partition coefficient (Wildman–Crippen LogP) is 2.64. The van der Waals surface area contributed by atoms with Crippen molar-refractivity contribution in [1.82, 2.24) is 4.57 Å². The van der Waals surface area contributed by atoms with Gasteiger partial charge in [-0.15, -0.1) is 0 Å². The first-order valence-corrected chi connectivity index (χ1v) is 6.68. The van der Waals surface area contributed by atoms with Crippen LogP contribution in [-0.2, 0) is 21.3 Å². The highest BCUT2D eigenvalue weighted by atomic mass is 16.5. The van der Waals surface area contributed by atoms with Crippen LogP contribution in [0.15, 0.2) is 23.8 Å². The lowest BCUT2D eigenvalue weighted by Gasteiger charge is -2.02. The molecule has 0 bridgehead atoms. The number of methoxy groups -OCH3 is 1. The lowest BCUT2D eigenvalue weighted by molar-refractivity contribution is -0.134. The summed E-state index contributed by atoms with van der Waals surface area (Å²) in [5.74, 6) is -0.723. The molecular formula is C16H21NO4. The van der Waals surface area contributed by atoms with Crippen LogP contribution in [0, 0.1) is 6.92 Å². The van der Waals surface area contributed by atoms with Crippen molar-refractivity contribution in [3.05, 3.63) is 40.7 Å². The van der Waals surface area contributed by atoms with Gasteiger partial charge in [-0.25, -0.2) is 9.59 Å². The second kappa shape index (κ2) is 7.47. The summed E-state index contributed by atoms with van der Waals surface area (Å²) in [5.41, 5.74) is 3.00. The van der Waals surface area contributed by atoms with E-state index in [1.807, 2.05) is 24.6 Å². The largest absolute Gasteiger partial charge is 0.466 e. The van der Waals surface area contributed by atoms with E-state index in [4.69, 9.17) is 4.74 Å². The number of esters is 2. The Bertz CT molecular complexity index is 594. The van der Waals surface area contributed by atoms with Gasteiger partial charge in [-0.2, -0.15) is 0 Å². The van der Waals surface area contributed by atoms with Gasteiger partial charge in [0.05, 0.1) is 19.3 Å². The van der Waals surface area contributed by atoms with Crippen molar-refractivity contribution in [3.63, 3.8) is 0 Å². The van der Waals surface area contributed by atoms with Gasteiger partial charge in [-0.1, -0.05) is 6.08 Å². The highest BCUT2D eigenvalue weighted by Gasteiger charge is 2.15. The number of allylic oxidation sites excluding steroid dienone is 2. The molecule has 1 aromatic heterocycles. The first kappa shape index (κ1) is 16.8. The molecule has 114 valence electrons. The Labute approximate surface area is 124 Å². The van der Waals surface area contributed by atoms with Crippen molar-refractivity contribution < 1.29 is 19.1 Å². The predicted molar refractivity (Wildman–Crippen MR) is 80.9 cm³/mol. The summed E-state index contributed by atoms with van der Waals surface area (Å²) < 4.78 is 11.5. The van der Waals surface area contributed by atoms with Gasteiger partial charge in [-0.3, -0.25) is 0 Å². The molecule has 0 amide bonds. The molecular weight excluding hydrogens is 270 g/mol. The van der Waals surface area contributed by atoms with E-state index < -0.39 is 5.97 Å². The first-order chi connectivity index (χ1) is 9.90. The minimum Gasteiger partial charge on any atom is -0.466 e.